The number of hydrogen-bond donors (Lipinski definition) is 1. The summed E-state index contributed by atoms with van der Waals surface area (Å²) in [5.41, 5.74) is 2.65. The molecule has 0 aromatic heterocycles. The zero-order valence-corrected chi connectivity index (χ0v) is 11.2. The summed E-state index contributed by atoms with van der Waals surface area (Å²) in [6.07, 6.45) is 4.12. The van der Waals surface area contributed by atoms with E-state index in [9.17, 15) is 0 Å². The highest BCUT2D eigenvalue weighted by atomic mass is 15.1. The van der Waals surface area contributed by atoms with Crippen molar-refractivity contribution in [2.24, 2.45) is 5.92 Å². The Bertz CT molecular complexity index is 342. The van der Waals surface area contributed by atoms with E-state index in [1.165, 1.54) is 30.5 Å². The van der Waals surface area contributed by atoms with E-state index in [0.717, 1.165) is 18.5 Å². The molecule has 1 N–H and O–H groups in total. The Hall–Kier alpha value is -1.02. The van der Waals surface area contributed by atoms with Crippen molar-refractivity contribution in [1.29, 1.82) is 0 Å². The van der Waals surface area contributed by atoms with E-state index < -0.39 is 0 Å². The van der Waals surface area contributed by atoms with Gasteiger partial charge in [-0.25, -0.2) is 0 Å². The molecule has 1 fully saturated rings. The fraction of sp³-hybridized carbons (Fsp3) is 0.600. The minimum absolute atomic E-state index is 0.725. The molecule has 2 heteroatoms. The molecule has 0 spiro atoms. The lowest BCUT2D eigenvalue weighted by Gasteiger charge is -2.18. The van der Waals surface area contributed by atoms with Gasteiger partial charge in [0.1, 0.15) is 0 Å². The van der Waals surface area contributed by atoms with Crippen molar-refractivity contribution in [2.75, 3.05) is 19.0 Å². The average Bonchev–Trinajstić information content (AvgIpc) is 2.73. The first kappa shape index (κ1) is 12.4. The molecule has 2 rings (SSSR count). The van der Waals surface area contributed by atoms with E-state index >= 15 is 0 Å². The van der Waals surface area contributed by atoms with E-state index in [-0.39, 0.29) is 0 Å². The number of nitrogens with one attached hydrogen (secondary N) is 1. The minimum Gasteiger partial charge on any atom is -0.378 e. The minimum atomic E-state index is 0.725. The van der Waals surface area contributed by atoms with Gasteiger partial charge in [0.25, 0.3) is 0 Å². The maximum atomic E-state index is 3.68. The lowest BCUT2D eigenvalue weighted by atomic mass is 10.1. The molecule has 1 saturated carbocycles. The molecule has 2 unspecified atom stereocenters. The molecule has 0 saturated heterocycles. The molecule has 0 aliphatic heterocycles. The highest BCUT2D eigenvalue weighted by Gasteiger charge is 2.22. The third-order valence-corrected chi connectivity index (χ3v) is 3.88. The van der Waals surface area contributed by atoms with Crippen LogP contribution in [0.5, 0.6) is 0 Å². The third-order valence-electron chi connectivity index (χ3n) is 3.88. The van der Waals surface area contributed by atoms with Crippen LogP contribution in [0.25, 0.3) is 0 Å². The highest BCUT2D eigenvalue weighted by Crippen LogP contribution is 2.25. The Morgan fingerprint density at radius 1 is 1.18 bits per heavy atom. The molecule has 17 heavy (non-hydrogen) atoms. The van der Waals surface area contributed by atoms with Crippen molar-refractivity contribution in [1.82, 2.24) is 5.32 Å². The average molecular weight is 232 g/mol. The lowest BCUT2D eigenvalue weighted by Crippen LogP contribution is -2.30. The Labute approximate surface area is 105 Å². The number of anilines is 1. The van der Waals surface area contributed by atoms with Crippen LogP contribution in [0.3, 0.4) is 0 Å². The van der Waals surface area contributed by atoms with Gasteiger partial charge in [0, 0.05) is 32.4 Å². The van der Waals surface area contributed by atoms with Gasteiger partial charge in [0.15, 0.2) is 0 Å². The first-order valence-corrected chi connectivity index (χ1v) is 6.66. The maximum absolute atomic E-state index is 3.68. The van der Waals surface area contributed by atoms with Crippen LogP contribution in [0.2, 0.25) is 0 Å². The first-order chi connectivity index (χ1) is 8.16. The zero-order valence-electron chi connectivity index (χ0n) is 11.2. The largest absolute Gasteiger partial charge is 0.378 e. The topological polar surface area (TPSA) is 15.3 Å². The number of nitrogens with zero attached hydrogens (tertiary/aromatic N) is 1. The van der Waals surface area contributed by atoms with Gasteiger partial charge in [0.2, 0.25) is 0 Å². The summed E-state index contributed by atoms with van der Waals surface area (Å²) >= 11 is 0. The molecule has 2 nitrogen and oxygen atoms in total. The molecule has 0 heterocycles. The summed E-state index contributed by atoms with van der Waals surface area (Å²) in [5.74, 6) is 0.844. The van der Waals surface area contributed by atoms with Crippen molar-refractivity contribution in [3.8, 4) is 0 Å². The van der Waals surface area contributed by atoms with Gasteiger partial charge in [-0.3, -0.25) is 0 Å². The Kier molecular flexibility index (Phi) is 4.06. The molecule has 0 radical (unpaired) electrons. The van der Waals surface area contributed by atoms with Crippen molar-refractivity contribution < 1.29 is 0 Å². The second-order valence-corrected chi connectivity index (χ2v) is 5.46. The van der Waals surface area contributed by atoms with Crippen molar-refractivity contribution in [3.63, 3.8) is 0 Å². The first-order valence-electron chi connectivity index (χ1n) is 6.66. The zero-order chi connectivity index (χ0) is 12.3. The smallest absolute Gasteiger partial charge is 0.0361 e. The van der Waals surface area contributed by atoms with Gasteiger partial charge in [-0.2, -0.15) is 0 Å². The second kappa shape index (κ2) is 5.54. The predicted octanol–water partition coefficient (Wildman–Crippen LogP) is 3.03. The standard InChI is InChI=1S/C15H24N2/c1-12-5-4-6-15(12)16-11-13-7-9-14(10-8-13)17(2)3/h7-10,12,15-16H,4-6,11H2,1-3H3. The van der Waals surface area contributed by atoms with Crippen LogP contribution in [-0.4, -0.2) is 20.1 Å². The second-order valence-electron chi connectivity index (χ2n) is 5.46. The van der Waals surface area contributed by atoms with Gasteiger partial charge in [-0.15, -0.1) is 0 Å². The fourth-order valence-corrected chi connectivity index (χ4v) is 2.61. The summed E-state index contributed by atoms with van der Waals surface area (Å²) in [6, 6.07) is 9.55. The Morgan fingerprint density at radius 3 is 2.41 bits per heavy atom. The molecule has 1 aromatic carbocycles. The lowest BCUT2D eigenvalue weighted by molar-refractivity contribution is 0.426. The SMILES string of the molecule is CC1CCCC1NCc1ccc(N(C)C)cc1. The van der Waals surface area contributed by atoms with Crippen LogP contribution in [0.15, 0.2) is 24.3 Å². The maximum Gasteiger partial charge on any atom is 0.0361 e. The molecule has 1 aliphatic rings. The van der Waals surface area contributed by atoms with E-state index in [1.807, 2.05) is 0 Å². The molecule has 0 amide bonds. The molecular formula is C15H24N2. The molecule has 2 atom stereocenters. The summed E-state index contributed by atoms with van der Waals surface area (Å²) in [7, 11) is 4.15. The van der Waals surface area contributed by atoms with Crippen molar-refractivity contribution >= 4 is 5.69 Å². The van der Waals surface area contributed by atoms with E-state index in [2.05, 4.69) is 55.5 Å². The molecule has 1 aromatic rings. The summed E-state index contributed by atoms with van der Waals surface area (Å²) < 4.78 is 0. The third kappa shape index (κ3) is 3.22. The van der Waals surface area contributed by atoms with Crippen LogP contribution in [-0.2, 0) is 6.54 Å². The summed E-state index contributed by atoms with van der Waals surface area (Å²) in [4.78, 5) is 2.14. The Balaban J connectivity index is 1.86. The molecular weight excluding hydrogens is 208 g/mol. The van der Waals surface area contributed by atoms with Crippen LogP contribution in [0.4, 0.5) is 5.69 Å². The fourth-order valence-electron chi connectivity index (χ4n) is 2.61. The van der Waals surface area contributed by atoms with Crippen molar-refractivity contribution in [3.05, 3.63) is 29.8 Å². The quantitative estimate of drug-likeness (QED) is 0.858. The van der Waals surface area contributed by atoms with Crippen molar-refractivity contribution in [2.45, 2.75) is 38.8 Å². The van der Waals surface area contributed by atoms with Crippen LogP contribution in [0.1, 0.15) is 31.7 Å². The van der Waals surface area contributed by atoms with Crippen LogP contribution in [0, 0.1) is 5.92 Å². The normalized spacial score (nSPS) is 23.9. The number of hydrogen-bond acceptors (Lipinski definition) is 2. The Morgan fingerprint density at radius 2 is 1.88 bits per heavy atom. The monoisotopic (exact) mass is 232 g/mol. The van der Waals surface area contributed by atoms with Gasteiger partial charge in [-0.1, -0.05) is 25.5 Å². The summed E-state index contributed by atoms with van der Waals surface area (Å²) in [6.45, 7) is 3.36. The molecule has 0 bridgehead atoms. The van der Waals surface area contributed by atoms with Gasteiger partial charge < -0.3 is 10.2 Å². The van der Waals surface area contributed by atoms with Gasteiger partial charge >= 0.3 is 0 Å². The highest BCUT2D eigenvalue weighted by molar-refractivity contribution is 5.45. The van der Waals surface area contributed by atoms with Gasteiger partial charge in [0.05, 0.1) is 0 Å². The number of rotatable bonds is 4. The predicted molar refractivity (Wildman–Crippen MR) is 74.4 cm³/mol. The van der Waals surface area contributed by atoms with E-state index in [0.29, 0.717) is 0 Å². The van der Waals surface area contributed by atoms with Crippen LogP contribution < -0.4 is 10.2 Å². The van der Waals surface area contributed by atoms with E-state index in [4.69, 9.17) is 0 Å². The summed E-state index contributed by atoms with van der Waals surface area (Å²) in [5, 5.41) is 3.68. The van der Waals surface area contributed by atoms with E-state index in [1.54, 1.807) is 0 Å². The van der Waals surface area contributed by atoms with Crippen LogP contribution >= 0.6 is 0 Å². The number of benzene rings is 1. The van der Waals surface area contributed by atoms with Gasteiger partial charge in [-0.05, 0) is 36.5 Å². The molecule has 94 valence electrons. The molecule has 1 aliphatic carbocycles.